The van der Waals surface area contributed by atoms with E-state index in [-0.39, 0.29) is 23.7 Å². The van der Waals surface area contributed by atoms with E-state index in [9.17, 15) is 14.7 Å². The van der Waals surface area contributed by atoms with Gasteiger partial charge in [-0.1, -0.05) is 30.3 Å². The molecule has 3 aromatic carbocycles. The van der Waals surface area contributed by atoms with Crippen molar-refractivity contribution in [2.45, 2.75) is 20.8 Å². The molecule has 0 atom stereocenters. The molecule has 4 nitrogen and oxygen atoms in total. The van der Waals surface area contributed by atoms with E-state index < -0.39 is 5.97 Å². The normalized spacial score (nSPS) is 10.7. The summed E-state index contributed by atoms with van der Waals surface area (Å²) in [4.78, 5) is 24.7. The molecule has 0 radical (unpaired) electrons. The van der Waals surface area contributed by atoms with Crippen LogP contribution in [0.5, 0.6) is 5.75 Å². The van der Waals surface area contributed by atoms with E-state index in [0.717, 1.165) is 27.5 Å². The van der Waals surface area contributed by atoms with E-state index in [4.69, 9.17) is 4.74 Å². The Morgan fingerprint density at radius 3 is 2.15 bits per heavy atom. The predicted molar refractivity (Wildman–Crippen MR) is 101 cm³/mol. The summed E-state index contributed by atoms with van der Waals surface area (Å²) in [6, 6.07) is 14.2. The number of benzene rings is 3. The highest BCUT2D eigenvalue weighted by atomic mass is 16.5. The van der Waals surface area contributed by atoms with Crippen molar-refractivity contribution in [1.82, 2.24) is 0 Å². The number of aryl methyl sites for hydroxylation is 3. The SMILES string of the molecule is Cc1cc(C)c(C(=O)COC(=O)c2cc3ccccc3cc2O)cc1C. The Labute approximate surface area is 152 Å². The highest BCUT2D eigenvalue weighted by Gasteiger charge is 2.17. The third kappa shape index (κ3) is 3.45. The lowest BCUT2D eigenvalue weighted by Gasteiger charge is -2.10. The molecule has 0 aliphatic rings. The number of rotatable bonds is 4. The second-order valence-corrected chi connectivity index (χ2v) is 6.47. The second-order valence-electron chi connectivity index (χ2n) is 6.47. The molecule has 0 saturated heterocycles. The van der Waals surface area contributed by atoms with Crippen LogP contribution in [0.4, 0.5) is 0 Å². The summed E-state index contributed by atoms with van der Waals surface area (Å²) >= 11 is 0. The number of Topliss-reactive ketones (excluding diaryl/α,β-unsaturated/α-hetero) is 1. The van der Waals surface area contributed by atoms with Crippen LogP contribution in [0.1, 0.15) is 37.4 Å². The fourth-order valence-corrected chi connectivity index (χ4v) is 2.94. The Bertz CT molecular complexity index is 1020. The number of phenolic OH excluding ortho intramolecular Hbond substituents is 1. The van der Waals surface area contributed by atoms with Crippen LogP contribution in [-0.4, -0.2) is 23.5 Å². The Kier molecular flexibility index (Phi) is 4.76. The number of esters is 1. The van der Waals surface area contributed by atoms with E-state index >= 15 is 0 Å². The summed E-state index contributed by atoms with van der Waals surface area (Å²) in [5.74, 6) is -1.15. The minimum atomic E-state index is -0.719. The van der Waals surface area contributed by atoms with Crippen LogP contribution in [0.25, 0.3) is 10.8 Å². The fraction of sp³-hybridized carbons (Fsp3) is 0.182. The number of ketones is 1. The number of hydrogen-bond acceptors (Lipinski definition) is 4. The van der Waals surface area contributed by atoms with Gasteiger partial charge in [-0.2, -0.15) is 0 Å². The monoisotopic (exact) mass is 348 g/mol. The average molecular weight is 348 g/mol. The maximum atomic E-state index is 12.4. The average Bonchev–Trinajstić information content (AvgIpc) is 2.61. The number of aromatic hydroxyl groups is 1. The molecule has 3 aromatic rings. The first-order chi connectivity index (χ1) is 12.4. The Balaban J connectivity index is 1.78. The Morgan fingerprint density at radius 1 is 0.846 bits per heavy atom. The first-order valence-corrected chi connectivity index (χ1v) is 8.36. The van der Waals surface area contributed by atoms with Gasteiger partial charge in [0.05, 0.1) is 0 Å². The van der Waals surface area contributed by atoms with Crippen molar-refractivity contribution in [2.24, 2.45) is 0 Å². The van der Waals surface area contributed by atoms with Gasteiger partial charge >= 0.3 is 5.97 Å². The molecule has 0 aliphatic carbocycles. The summed E-state index contributed by atoms with van der Waals surface area (Å²) in [5, 5.41) is 11.7. The van der Waals surface area contributed by atoms with Gasteiger partial charge in [-0.25, -0.2) is 4.79 Å². The highest BCUT2D eigenvalue weighted by Crippen LogP contribution is 2.25. The zero-order valence-corrected chi connectivity index (χ0v) is 15.0. The third-order valence-electron chi connectivity index (χ3n) is 4.56. The van der Waals surface area contributed by atoms with E-state index in [0.29, 0.717) is 5.56 Å². The maximum Gasteiger partial charge on any atom is 0.342 e. The van der Waals surface area contributed by atoms with Crippen LogP contribution >= 0.6 is 0 Å². The van der Waals surface area contributed by atoms with Gasteiger partial charge in [0.1, 0.15) is 11.3 Å². The van der Waals surface area contributed by atoms with Gasteiger partial charge < -0.3 is 9.84 Å². The van der Waals surface area contributed by atoms with Crippen molar-refractivity contribution in [3.05, 3.63) is 76.3 Å². The van der Waals surface area contributed by atoms with E-state index in [1.807, 2.05) is 57.2 Å². The van der Waals surface area contributed by atoms with Crippen molar-refractivity contribution in [3.8, 4) is 5.75 Å². The number of carbonyl (C=O) groups is 2. The molecular formula is C22H20O4. The van der Waals surface area contributed by atoms with Gasteiger partial charge in [-0.3, -0.25) is 4.79 Å². The topological polar surface area (TPSA) is 63.6 Å². The van der Waals surface area contributed by atoms with Crippen molar-refractivity contribution < 1.29 is 19.4 Å². The highest BCUT2D eigenvalue weighted by molar-refractivity contribution is 6.02. The second kappa shape index (κ2) is 7.00. The van der Waals surface area contributed by atoms with Crippen LogP contribution in [0, 0.1) is 20.8 Å². The predicted octanol–water partition coefficient (Wildman–Crippen LogP) is 4.51. The number of phenols is 1. The molecule has 0 bridgehead atoms. The van der Waals surface area contributed by atoms with Gasteiger partial charge in [0.2, 0.25) is 5.78 Å². The molecule has 4 heteroatoms. The molecule has 0 saturated carbocycles. The molecule has 0 amide bonds. The Hall–Kier alpha value is -3.14. The number of fused-ring (bicyclic) bond motifs is 1. The third-order valence-corrected chi connectivity index (χ3v) is 4.56. The zero-order chi connectivity index (χ0) is 18.8. The van der Waals surface area contributed by atoms with Crippen LogP contribution in [-0.2, 0) is 4.74 Å². The molecule has 0 heterocycles. The first-order valence-electron chi connectivity index (χ1n) is 8.36. The van der Waals surface area contributed by atoms with Gasteiger partial charge in [-0.05, 0) is 66.4 Å². The van der Waals surface area contributed by atoms with Crippen molar-refractivity contribution in [1.29, 1.82) is 0 Å². The minimum Gasteiger partial charge on any atom is -0.507 e. The number of hydrogen-bond donors (Lipinski definition) is 1. The standard InChI is InChI=1S/C22H20O4/c1-13-8-15(3)18(9-14(13)2)21(24)12-26-22(25)19-10-16-6-4-5-7-17(16)11-20(19)23/h4-11,23H,12H2,1-3H3. The summed E-state index contributed by atoms with van der Waals surface area (Å²) in [5.41, 5.74) is 3.56. The molecular weight excluding hydrogens is 328 g/mol. The van der Waals surface area contributed by atoms with Crippen LogP contribution < -0.4 is 0 Å². The molecule has 132 valence electrons. The molecule has 3 rings (SSSR count). The largest absolute Gasteiger partial charge is 0.507 e. The van der Waals surface area contributed by atoms with Crippen molar-refractivity contribution >= 4 is 22.5 Å². The van der Waals surface area contributed by atoms with Gasteiger partial charge in [0, 0.05) is 5.56 Å². The molecule has 0 unspecified atom stereocenters. The van der Waals surface area contributed by atoms with E-state index in [1.54, 1.807) is 6.07 Å². The molecule has 0 aromatic heterocycles. The summed E-state index contributed by atoms with van der Waals surface area (Å²) < 4.78 is 5.15. The smallest absolute Gasteiger partial charge is 0.342 e. The minimum absolute atomic E-state index is 0.0494. The van der Waals surface area contributed by atoms with Crippen molar-refractivity contribution in [2.75, 3.05) is 6.61 Å². The summed E-state index contributed by atoms with van der Waals surface area (Å²) in [6.07, 6.45) is 0. The zero-order valence-electron chi connectivity index (χ0n) is 15.0. The lowest BCUT2D eigenvalue weighted by atomic mass is 9.98. The molecule has 1 N–H and O–H groups in total. The summed E-state index contributed by atoms with van der Waals surface area (Å²) in [7, 11) is 0. The number of carbonyl (C=O) groups excluding carboxylic acids is 2. The lowest BCUT2D eigenvalue weighted by molar-refractivity contribution is 0.0472. The molecule has 26 heavy (non-hydrogen) atoms. The van der Waals surface area contributed by atoms with Gasteiger partial charge in [0.25, 0.3) is 0 Å². The van der Waals surface area contributed by atoms with Gasteiger partial charge in [-0.15, -0.1) is 0 Å². The maximum absolute atomic E-state index is 12.4. The van der Waals surface area contributed by atoms with E-state index in [2.05, 4.69) is 0 Å². The molecule has 0 aliphatic heterocycles. The lowest BCUT2D eigenvalue weighted by Crippen LogP contribution is -2.15. The van der Waals surface area contributed by atoms with Crippen LogP contribution in [0.15, 0.2) is 48.5 Å². The molecule has 0 fully saturated rings. The van der Waals surface area contributed by atoms with Crippen LogP contribution in [0.2, 0.25) is 0 Å². The summed E-state index contributed by atoms with van der Waals surface area (Å²) in [6.45, 7) is 5.41. The Morgan fingerprint density at radius 2 is 1.46 bits per heavy atom. The first kappa shape index (κ1) is 17.7. The quantitative estimate of drug-likeness (QED) is 0.556. The van der Waals surface area contributed by atoms with Gasteiger partial charge in [0.15, 0.2) is 6.61 Å². The molecule has 0 spiro atoms. The van der Waals surface area contributed by atoms with Crippen molar-refractivity contribution in [3.63, 3.8) is 0 Å². The van der Waals surface area contributed by atoms with Crippen LogP contribution in [0.3, 0.4) is 0 Å². The fourth-order valence-electron chi connectivity index (χ4n) is 2.94. The van der Waals surface area contributed by atoms with E-state index in [1.165, 1.54) is 6.07 Å². The number of ether oxygens (including phenoxy) is 1.